The van der Waals surface area contributed by atoms with Crippen LogP contribution < -0.4 is 20.1 Å². The number of nitrogens with zero attached hydrogens (tertiary/aromatic N) is 2. The summed E-state index contributed by atoms with van der Waals surface area (Å²) >= 11 is 0. The maximum Gasteiger partial charge on any atom is 0.257 e. The SMILES string of the molecule is CCS(=O)(=O)N1CCN(CC(=O)Nc2ccccc2C(=O)Nc2ccc3c(c2)OCO3)CC1. The number of fused-ring (bicyclic) bond motifs is 1. The highest BCUT2D eigenvalue weighted by Gasteiger charge is 2.26. The second kappa shape index (κ2) is 9.77. The zero-order chi connectivity index (χ0) is 23.4. The van der Waals surface area contributed by atoms with E-state index in [0.29, 0.717) is 54.6 Å². The van der Waals surface area contributed by atoms with E-state index in [2.05, 4.69) is 10.6 Å². The standard InChI is InChI=1S/C22H26N4O6S/c1-2-33(29,30)26-11-9-25(10-12-26)14-21(27)24-18-6-4-3-5-17(18)22(28)23-16-7-8-19-20(13-16)32-15-31-19/h3-8,13H,2,9-12,14-15H2,1H3,(H,23,28)(H,24,27). The molecule has 4 rings (SSSR count). The third kappa shape index (κ3) is 5.44. The van der Waals surface area contributed by atoms with E-state index in [-0.39, 0.29) is 30.9 Å². The average Bonchev–Trinajstić information content (AvgIpc) is 3.27. The molecule has 2 aromatic rings. The van der Waals surface area contributed by atoms with Gasteiger partial charge in [-0.15, -0.1) is 0 Å². The van der Waals surface area contributed by atoms with Crippen molar-refractivity contribution < 1.29 is 27.5 Å². The Balaban J connectivity index is 1.35. The minimum absolute atomic E-state index is 0.0680. The summed E-state index contributed by atoms with van der Waals surface area (Å²) in [6.45, 7) is 3.53. The summed E-state index contributed by atoms with van der Waals surface area (Å²) in [5, 5.41) is 5.61. The lowest BCUT2D eigenvalue weighted by atomic mass is 10.1. The zero-order valence-corrected chi connectivity index (χ0v) is 19.1. The van der Waals surface area contributed by atoms with Gasteiger partial charge in [0.2, 0.25) is 22.7 Å². The lowest BCUT2D eigenvalue weighted by Crippen LogP contribution is -2.50. The van der Waals surface area contributed by atoms with Crippen molar-refractivity contribution in [2.45, 2.75) is 6.92 Å². The van der Waals surface area contributed by atoms with Crippen LogP contribution >= 0.6 is 0 Å². The molecule has 33 heavy (non-hydrogen) atoms. The molecule has 11 heteroatoms. The van der Waals surface area contributed by atoms with Crippen LogP contribution in [0.3, 0.4) is 0 Å². The summed E-state index contributed by atoms with van der Waals surface area (Å²) < 4.78 is 36.0. The Morgan fingerprint density at radius 1 is 0.970 bits per heavy atom. The highest BCUT2D eigenvalue weighted by atomic mass is 32.2. The predicted molar refractivity (Wildman–Crippen MR) is 123 cm³/mol. The maximum atomic E-state index is 12.9. The maximum absolute atomic E-state index is 12.9. The number of benzene rings is 2. The van der Waals surface area contributed by atoms with E-state index in [1.807, 2.05) is 4.90 Å². The summed E-state index contributed by atoms with van der Waals surface area (Å²) in [6.07, 6.45) is 0. The molecule has 10 nitrogen and oxygen atoms in total. The van der Waals surface area contributed by atoms with Crippen LogP contribution in [0.5, 0.6) is 11.5 Å². The molecule has 2 heterocycles. The minimum atomic E-state index is -3.22. The van der Waals surface area contributed by atoms with Gasteiger partial charge in [-0.05, 0) is 31.2 Å². The number of anilines is 2. The lowest BCUT2D eigenvalue weighted by Gasteiger charge is -2.33. The van der Waals surface area contributed by atoms with Crippen molar-refractivity contribution in [1.29, 1.82) is 0 Å². The second-order valence-corrected chi connectivity index (χ2v) is 9.95. The molecule has 0 saturated carbocycles. The predicted octanol–water partition coefficient (Wildman–Crippen LogP) is 1.57. The smallest absolute Gasteiger partial charge is 0.257 e. The fraction of sp³-hybridized carbons (Fsp3) is 0.364. The highest BCUT2D eigenvalue weighted by Crippen LogP contribution is 2.34. The fourth-order valence-electron chi connectivity index (χ4n) is 3.70. The number of nitrogens with one attached hydrogen (secondary N) is 2. The van der Waals surface area contributed by atoms with Crippen molar-refractivity contribution in [3.05, 3.63) is 48.0 Å². The molecular weight excluding hydrogens is 448 g/mol. The third-order valence-electron chi connectivity index (χ3n) is 5.53. The van der Waals surface area contributed by atoms with Crippen molar-refractivity contribution >= 4 is 33.2 Å². The van der Waals surface area contributed by atoms with E-state index in [0.717, 1.165) is 0 Å². The van der Waals surface area contributed by atoms with Crippen LogP contribution in [0.25, 0.3) is 0 Å². The first-order chi connectivity index (χ1) is 15.9. The van der Waals surface area contributed by atoms with E-state index >= 15 is 0 Å². The number of carbonyl (C=O) groups excluding carboxylic acids is 2. The number of amides is 2. The van der Waals surface area contributed by atoms with E-state index < -0.39 is 10.0 Å². The van der Waals surface area contributed by atoms with Crippen LogP contribution in [0.1, 0.15) is 17.3 Å². The largest absolute Gasteiger partial charge is 0.454 e. The van der Waals surface area contributed by atoms with Gasteiger partial charge in [-0.3, -0.25) is 14.5 Å². The minimum Gasteiger partial charge on any atom is -0.454 e. The van der Waals surface area contributed by atoms with Gasteiger partial charge in [0.05, 0.1) is 23.5 Å². The molecule has 0 atom stereocenters. The molecule has 2 amide bonds. The number of rotatable bonds is 7. The number of sulfonamides is 1. The van der Waals surface area contributed by atoms with Gasteiger partial charge in [-0.2, -0.15) is 4.31 Å². The summed E-state index contributed by atoms with van der Waals surface area (Å²) in [5.41, 5.74) is 1.26. The monoisotopic (exact) mass is 474 g/mol. The normalized spacial score (nSPS) is 16.4. The molecule has 0 aliphatic carbocycles. The quantitative estimate of drug-likeness (QED) is 0.626. The van der Waals surface area contributed by atoms with Crippen molar-refractivity contribution in [3.8, 4) is 11.5 Å². The molecule has 1 fully saturated rings. The molecule has 0 unspecified atom stereocenters. The zero-order valence-electron chi connectivity index (χ0n) is 18.2. The number of para-hydroxylation sites is 1. The summed E-state index contributed by atoms with van der Waals surface area (Å²) in [5.74, 6) is 0.599. The number of piperazine rings is 1. The summed E-state index contributed by atoms with van der Waals surface area (Å²) in [6, 6.07) is 11.9. The van der Waals surface area contributed by atoms with Crippen molar-refractivity contribution in [1.82, 2.24) is 9.21 Å². The van der Waals surface area contributed by atoms with E-state index in [1.165, 1.54) is 4.31 Å². The molecule has 2 aliphatic heterocycles. The van der Waals surface area contributed by atoms with Crippen molar-refractivity contribution in [2.24, 2.45) is 0 Å². The van der Waals surface area contributed by atoms with Gasteiger partial charge in [0, 0.05) is 37.9 Å². The number of hydrogen-bond donors (Lipinski definition) is 2. The Bertz CT molecular complexity index is 1150. The van der Waals surface area contributed by atoms with Gasteiger partial charge in [-0.25, -0.2) is 8.42 Å². The Labute approximate surface area is 192 Å². The Kier molecular flexibility index (Phi) is 6.82. The number of carbonyl (C=O) groups is 2. The molecule has 1 saturated heterocycles. The fourth-order valence-corrected chi connectivity index (χ4v) is 4.79. The van der Waals surface area contributed by atoms with Gasteiger partial charge < -0.3 is 20.1 Å². The lowest BCUT2D eigenvalue weighted by molar-refractivity contribution is -0.117. The van der Waals surface area contributed by atoms with E-state index in [4.69, 9.17) is 9.47 Å². The van der Waals surface area contributed by atoms with Crippen molar-refractivity contribution in [3.63, 3.8) is 0 Å². The van der Waals surface area contributed by atoms with Gasteiger partial charge in [-0.1, -0.05) is 12.1 Å². The molecule has 0 spiro atoms. The van der Waals surface area contributed by atoms with Crippen LogP contribution in [0.4, 0.5) is 11.4 Å². The first-order valence-electron chi connectivity index (χ1n) is 10.7. The van der Waals surface area contributed by atoms with Crippen LogP contribution in [0.15, 0.2) is 42.5 Å². The molecule has 2 aromatic carbocycles. The van der Waals surface area contributed by atoms with E-state index in [1.54, 1.807) is 49.4 Å². The Hall–Kier alpha value is -3.15. The molecule has 0 aromatic heterocycles. The molecular formula is C22H26N4O6S. The molecule has 2 N–H and O–H groups in total. The summed E-state index contributed by atoms with van der Waals surface area (Å²) in [7, 11) is -3.22. The average molecular weight is 475 g/mol. The van der Waals surface area contributed by atoms with Crippen LogP contribution in [0.2, 0.25) is 0 Å². The van der Waals surface area contributed by atoms with Gasteiger partial charge in [0.15, 0.2) is 11.5 Å². The molecule has 2 aliphatic rings. The molecule has 0 bridgehead atoms. The van der Waals surface area contributed by atoms with Gasteiger partial charge >= 0.3 is 0 Å². The number of hydrogen-bond acceptors (Lipinski definition) is 7. The van der Waals surface area contributed by atoms with E-state index in [9.17, 15) is 18.0 Å². The van der Waals surface area contributed by atoms with Crippen LogP contribution in [0, 0.1) is 0 Å². The highest BCUT2D eigenvalue weighted by molar-refractivity contribution is 7.89. The first kappa shape index (κ1) is 23.0. The third-order valence-corrected chi connectivity index (χ3v) is 7.41. The molecule has 176 valence electrons. The number of ether oxygens (including phenoxy) is 2. The Morgan fingerprint density at radius 3 is 2.45 bits per heavy atom. The van der Waals surface area contributed by atoms with Gasteiger partial charge in [0.1, 0.15) is 0 Å². The van der Waals surface area contributed by atoms with Crippen molar-refractivity contribution in [2.75, 3.05) is 55.9 Å². The second-order valence-electron chi connectivity index (χ2n) is 7.69. The summed E-state index contributed by atoms with van der Waals surface area (Å²) in [4.78, 5) is 27.4. The Morgan fingerprint density at radius 2 is 1.70 bits per heavy atom. The van der Waals surface area contributed by atoms with Gasteiger partial charge in [0.25, 0.3) is 5.91 Å². The van der Waals surface area contributed by atoms with Crippen LogP contribution in [-0.4, -0.2) is 74.7 Å². The first-order valence-corrected chi connectivity index (χ1v) is 12.3. The molecule has 0 radical (unpaired) electrons. The topological polar surface area (TPSA) is 117 Å². The van der Waals surface area contributed by atoms with Crippen LogP contribution in [-0.2, 0) is 14.8 Å².